The zero-order chi connectivity index (χ0) is 9.26. The van der Waals surface area contributed by atoms with Gasteiger partial charge in [-0.1, -0.05) is 0 Å². The second kappa shape index (κ2) is 4.20. The first-order chi connectivity index (χ1) is 6.27. The zero-order valence-electron chi connectivity index (χ0n) is 7.85. The Balaban J connectivity index is 1.82. The number of aliphatic hydroxyl groups is 2. The predicted octanol–water partition coefficient (Wildman–Crippen LogP) is 1.55. The SMILES string of the molecule is O[C@H]1CCC[C@@H]1S[C@H]1CCC[C@@H]1O. The van der Waals surface area contributed by atoms with Crippen molar-refractivity contribution in [1.82, 2.24) is 0 Å². The van der Waals surface area contributed by atoms with Crippen molar-refractivity contribution in [3.8, 4) is 0 Å². The van der Waals surface area contributed by atoms with Gasteiger partial charge in [0.25, 0.3) is 0 Å². The van der Waals surface area contributed by atoms with Crippen LogP contribution in [0.4, 0.5) is 0 Å². The van der Waals surface area contributed by atoms with Gasteiger partial charge < -0.3 is 10.2 Å². The number of aliphatic hydroxyl groups excluding tert-OH is 2. The van der Waals surface area contributed by atoms with E-state index in [4.69, 9.17) is 0 Å². The molecule has 76 valence electrons. The summed E-state index contributed by atoms with van der Waals surface area (Å²) in [5.41, 5.74) is 0. The Kier molecular flexibility index (Phi) is 3.17. The first kappa shape index (κ1) is 9.81. The molecule has 0 radical (unpaired) electrons. The summed E-state index contributed by atoms with van der Waals surface area (Å²) in [6.45, 7) is 0. The average molecular weight is 202 g/mol. The standard InChI is InChI=1S/C10H18O2S/c11-7-3-1-5-9(7)13-10-6-2-4-8(10)12/h7-12H,1-6H2/t7-,8-,9-,10-/m0/s1. The third-order valence-electron chi connectivity index (χ3n) is 3.18. The molecule has 0 unspecified atom stereocenters. The van der Waals surface area contributed by atoms with Crippen molar-refractivity contribution in [2.45, 2.75) is 61.2 Å². The Labute approximate surface area is 83.7 Å². The highest BCUT2D eigenvalue weighted by atomic mass is 32.2. The number of rotatable bonds is 2. The first-order valence-electron chi connectivity index (χ1n) is 5.29. The Hall–Kier alpha value is 0.270. The molecule has 2 aliphatic rings. The van der Waals surface area contributed by atoms with E-state index in [0.29, 0.717) is 10.5 Å². The fourth-order valence-electron chi connectivity index (χ4n) is 2.35. The van der Waals surface area contributed by atoms with Gasteiger partial charge in [-0.25, -0.2) is 0 Å². The summed E-state index contributed by atoms with van der Waals surface area (Å²) < 4.78 is 0. The Morgan fingerprint density at radius 1 is 0.769 bits per heavy atom. The number of hydrogen-bond donors (Lipinski definition) is 2. The van der Waals surface area contributed by atoms with Crippen LogP contribution in [0.25, 0.3) is 0 Å². The Morgan fingerprint density at radius 2 is 1.23 bits per heavy atom. The molecule has 0 amide bonds. The number of hydrogen-bond acceptors (Lipinski definition) is 3. The van der Waals surface area contributed by atoms with Crippen molar-refractivity contribution in [3.63, 3.8) is 0 Å². The monoisotopic (exact) mass is 202 g/mol. The summed E-state index contributed by atoms with van der Waals surface area (Å²) in [5, 5.41) is 20.1. The maximum Gasteiger partial charge on any atom is 0.0658 e. The smallest absolute Gasteiger partial charge is 0.0658 e. The van der Waals surface area contributed by atoms with E-state index in [9.17, 15) is 10.2 Å². The van der Waals surface area contributed by atoms with Gasteiger partial charge in [-0.3, -0.25) is 0 Å². The average Bonchev–Trinajstić information content (AvgIpc) is 2.65. The van der Waals surface area contributed by atoms with Gasteiger partial charge in [-0.2, -0.15) is 0 Å². The van der Waals surface area contributed by atoms with Crippen molar-refractivity contribution in [1.29, 1.82) is 0 Å². The van der Waals surface area contributed by atoms with Gasteiger partial charge in [-0.15, -0.1) is 11.8 Å². The Morgan fingerprint density at radius 3 is 1.54 bits per heavy atom. The zero-order valence-corrected chi connectivity index (χ0v) is 8.67. The lowest BCUT2D eigenvalue weighted by Gasteiger charge is -2.20. The Bertz CT molecular complexity index is 156. The highest BCUT2D eigenvalue weighted by Gasteiger charge is 2.33. The molecule has 2 rings (SSSR count). The fourth-order valence-corrected chi connectivity index (χ4v) is 4.04. The quantitative estimate of drug-likeness (QED) is 0.713. The molecule has 2 aliphatic carbocycles. The summed E-state index contributed by atoms with van der Waals surface area (Å²) >= 11 is 1.83. The third kappa shape index (κ3) is 2.20. The highest BCUT2D eigenvalue weighted by molar-refractivity contribution is 8.00. The van der Waals surface area contributed by atoms with Crippen LogP contribution in [-0.2, 0) is 0 Å². The minimum atomic E-state index is -0.113. The van der Waals surface area contributed by atoms with Crippen molar-refractivity contribution < 1.29 is 10.2 Å². The van der Waals surface area contributed by atoms with Crippen LogP contribution in [0.2, 0.25) is 0 Å². The summed E-state index contributed by atoms with van der Waals surface area (Å²) in [5.74, 6) is 0. The van der Waals surface area contributed by atoms with Crippen LogP contribution in [0.15, 0.2) is 0 Å². The van der Waals surface area contributed by atoms with Gasteiger partial charge >= 0.3 is 0 Å². The molecular formula is C10H18O2S. The molecule has 2 N–H and O–H groups in total. The van der Waals surface area contributed by atoms with E-state index in [1.807, 2.05) is 11.8 Å². The van der Waals surface area contributed by atoms with E-state index >= 15 is 0 Å². The predicted molar refractivity (Wildman–Crippen MR) is 54.9 cm³/mol. The van der Waals surface area contributed by atoms with E-state index < -0.39 is 0 Å². The minimum Gasteiger partial charge on any atom is -0.392 e. The maximum absolute atomic E-state index is 9.63. The first-order valence-corrected chi connectivity index (χ1v) is 6.23. The fraction of sp³-hybridized carbons (Fsp3) is 1.00. The second-order valence-corrected chi connectivity index (χ2v) is 5.69. The number of thioether (sulfide) groups is 1. The lowest BCUT2D eigenvalue weighted by Crippen LogP contribution is -2.23. The van der Waals surface area contributed by atoms with Crippen LogP contribution >= 0.6 is 11.8 Å². The summed E-state index contributed by atoms with van der Waals surface area (Å²) in [6.07, 6.45) is 6.27. The van der Waals surface area contributed by atoms with E-state index in [-0.39, 0.29) is 12.2 Å². The molecule has 2 nitrogen and oxygen atoms in total. The minimum absolute atomic E-state index is 0.113. The van der Waals surface area contributed by atoms with Gasteiger partial charge in [0.2, 0.25) is 0 Å². The largest absolute Gasteiger partial charge is 0.392 e. The van der Waals surface area contributed by atoms with Gasteiger partial charge in [0, 0.05) is 10.5 Å². The van der Waals surface area contributed by atoms with Crippen LogP contribution in [0.1, 0.15) is 38.5 Å². The second-order valence-electron chi connectivity index (χ2n) is 4.21. The lowest BCUT2D eigenvalue weighted by molar-refractivity contribution is 0.181. The summed E-state index contributed by atoms with van der Waals surface area (Å²) in [6, 6.07) is 0. The summed E-state index contributed by atoms with van der Waals surface area (Å²) in [7, 11) is 0. The molecule has 0 spiro atoms. The van der Waals surface area contributed by atoms with Crippen LogP contribution in [0.3, 0.4) is 0 Å². The highest BCUT2D eigenvalue weighted by Crippen LogP contribution is 2.38. The van der Waals surface area contributed by atoms with Crippen molar-refractivity contribution >= 4 is 11.8 Å². The molecule has 0 aromatic heterocycles. The molecule has 13 heavy (non-hydrogen) atoms. The van der Waals surface area contributed by atoms with Crippen molar-refractivity contribution in [2.24, 2.45) is 0 Å². The molecule has 0 aromatic carbocycles. The van der Waals surface area contributed by atoms with E-state index in [1.54, 1.807) is 0 Å². The molecule has 3 heteroatoms. The topological polar surface area (TPSA) is 40.5 Å². The van der Waals surface area contributed by atoms with Gasteiger partial charge in [0.05, 0.1) is 12.2 Å². The van der Waals surface area contributed by atoms with Crippen LogP contribution < -0.4 is 0 Å². The molecule has 0 heterocycles. The van der Waals surface area contributed by atoms with Crippen LogP contribution in [-0.4, -0.2) is 32.9 Å². The molecular weight excluding hydrogens is 184 g/mol. The van der Waals surface area contributed by atoms with Gasteiger partial charge in [0.15, 0.2) is 0 Å². The summed E-state index contributed by atoms with van der Waals surface area (Å²) in [4.78, 5) is 0. The van der Waals surface area contributed by atoms with E-state index in [2.05, 4.69) is 0 Å². The molecule has 0 saturated heterocycles. The van der Waals surface area contributed by atoms with Crippen LogP contribution in [0.5, 0.6) is 0 Å². The van der Waals surface area contributed by atoms with Crippen LogP contribution in [0, 0.1) is 0 Å². The van der Waals surface area contributed by atoms with Crippen molar-refractivity contribution in [2.75, 3.05) is 0 Å². The molecule has 2 fully saturated rings. The third-order valence-corrected chi connectivity index (χ3v) is 4.98. The van der Waals surface area contributed by atoms with E-state index in [1.165, 1.54) is 0 Å². The lowest BCUT2D eigenvalue weighted by atomic mass is 10.3. The molecule has 4 atom stereocenters. The molecule has 2 saturated carbocycles. The molecule has 0 aliphatic heterocycles. The molecule has 0 bridgehead atoms. The van der Waals surface area contributed by atoms with Gasteiger partial charge in [0.1, 0.15) is 0 Å². The van der Waals surface area contributed by atoms with E-state index in [0.717, 1.165) is 38.5 Å². The normalized spacial score (nSPS) is 45.7. The van der Waals surface area contributed by atoms with Gasteiger partial charge in [-0.05, 0) is 38.5 Å². The maximum atomic E-state index is 9.63. The van der Waals surface area contributed by atoms with Crippen molar-refractivity contribution in [3.05, 3.63) is 0 Å². The molecule has 0 aromatic rings.